The van der Waals surface area contributed by atoms with Gasteiger partial charge in [0.15, 0.2) is 12.2 Å². The van der Waals surface area contributed by atoms with Gasteiger partial charge in [0.1, 0.15) is 19.3 Å². The quantitative estimate of drug-likeness (QED) is 0.0222. The number of phosphoric ester groups is 2. The van der Waals surface area contributed by atoms with Crippen molar-refractivity contribution in [3.63, 3.8) is 0 Å². The lowest BCUT2D eigenvalue weighted by Crippen LogP contribution is -2.30. The molecule has 0 spiro atoms. The fraction of sp³-hybridized carbons (Fsp3) is 0.944. The molecule has 0 bridgehead atoms. The highest BCUT2D eigenvalue weighted by molar-refractivity contribution is 7.47. The molecule has 90 heavy (non-hydrogen) atoms. The number of hydrogen-bond acceptors (Lipinski definition) is 15. The number of rotatable bonds is 70. The molecule has 0 amide bonds. The van der Waals surface area contributed by atoms with Crippen molar-refractivity contribution in [2.45, 2.75) is 381 Å². The first kappa shape index (κ1) is 88.1. The first-order valence-electron chi connectivity index (χ1n) is 37.0. The Morgan fingerprint density at radius 1 is 0.322 bits per heavy atom. The van der Waals surface area contributed by atoms with Gasteiger partial charge < -0.3 is 33.8 Å². The summed E-state index contributed by atoms with van der Waals surface area (Å²) in [6.45, 7) is 9.58. The minimum absolute atomic E-state index is 0.106. The number of carbonyl (C=O) groups excluding carboxylic acids is 4. The predicted molar refractivity (Wildman–Crippen MR) is 363 cm³/mol. The third kappa shape index (κ3) is 63.5. The molecule has 0 saturated carbocycles. The summed E-state index contributed by atoms with van der Waals surface area (Å²) in [6, 6.07) is 0. The Morgan fingerprint density at radius 2 is 0.567 bits per heavy atom. The summed E-state index contributed by atoms with van der Waals surface area (Å²) in [4.78, 5) is 72.4. The van der Waals surface area contributed by atoms with E-state index in [-0.39, 0.29) is 25.7 Å². The van der Waals surface area contributed by atoms with Gasteiger partial charge >= 0.3 is 39.5 Å². The van der Waals surface area contributed by atoms with Crippen LogP contribution in [0.15, 0.2) is 0 Å². The van der Waals surface area contributed by atoms with Crippen LogP contribution in [0, 0.1) is 11.8 Å². The third-order valence-corrected chi connectivity index (χ3v) is 18.7. The molecule has 0 aromatic heterocycles. The first-order valence-corrected chi connectivity index (χ1v) is 40.0. The lowest BCUT2D eigenvalue weighted by atomic mass is 9.99. The smallest absolute Gasteiger partial charge is 0.462 e. The molecule has 0 aliphatic rings. The van der Waals surface area contributed by atoms with E-state index in [9.17, 15) is 43.2 Å². The third-order valence-electron chi connectivity index (χ3n) is 16.8. The van der Waals surface area contributed by atoms with Gasteiger partial charge in [-0.3, -0.25) is 37.3 Å². The van der Waals surface area contributed by atoms with Crippen LogP contribution < -0.4 is 0 Å². The summed E-state index contributed by atoms with van der Waals surface area (Å²) in [7, 11) is -9.89. The molecular weight excluding hydrogens is 1190 g/mol. The van der Waals surface area contributed by atoms with Gasteiger partial charge in [-0.2, -0.15) is 0 Å². The van der Waals surface area contributed by atoms with Gasteiger partial charge in [0.05, 0.1) is 26.4 Å². The Balaban J connectivity index is 5.20. The zero-order chi connectivity index (χ0) is 66.5. The van der Waals surface area contributed by atoms with Crippen LogP contribution in [-0.4, -0.2) is 96.7 Å². The summed E-state index contributed by atoms with van der Waals surface area (Å²) in [5, 5.41) is 10.6. The van der Waals surface area contributed by atoms with Crippen molar-refractivity contribution < 1.29 is 80.2 Å². The topological polar surface area (TPSA) is 237 Å². The first-order chi connectivity index (χ1) is 43.4. The summed E-state index contributed by atoms with van der Waals surface area (Å²) in [5.74, 6) is -0.498. The fourth-order valence-corrected chi connectivity index (χ4v) is 12.3. The van der Waals surface area contributed by atoms with Crippen molar-refractivity contribution in [3.05, 3.63) is 0 Å². The van der Waals surface area contributed by atoms with Crippen LogP contribution in [0.4, 0.5) is 0 Å². The molecule has 0 radical (unpaired) electrons. The molecular formula is C71H138O17P2. The Bertz CT molecular complexity index is 1750. The highest BCUT2D eigenvalue weighted by Gasteiger charge is 2.30. The van der Waals surface area contributed by atoms with E-state index in [1.165, 1.54) is 173 Å². The Kier molecular flexibility index (Phi) is 61.8. The fourth-order valence-electron chi connectivity index (χ4n) is 10.7. The van der Waals surface area contributed by atoms with Crippen molar-refractivity contribution >= 4 is 39.5 Å². The number of ether oxygens (including phenoxy) is 4. The second-order valence-electron chi connectivity index (χ2n) is 26.3. The van der Waals surface area contributed by atoms with Crippen molar-refractivity contribution in [2.24, 2.45) is 11.8 Å². The van der Waals surface area contributed by atoms with Gasteiger partial charge in [0.25, 0.3) is 0 Å². The zero-order valence-electron chi connectivity index (χ0n) is 58.4. The van der Waals surface area contributed by atoms with Crippen LogP contribution in [-0.2, 0) is 65.4 Å². The molecule has 0 heterocycles. The second-order valence-corrected chi connectivity index (χ2v) is 29.3. The number of aliphatic hydroxyl groups is 1. The van der Waals surface area contributed by atoms with Gasteiger partial charge in [-0.25, -0.2) is 9.13 Å². The molecule has 6 atom stereocenters. The van der Waals surface area contributed by atoms with Gasteiger partial charge in [-0.15, -0.1) is 0 Å². The highest BCUT2D eigenvalue weighted by Crippen LogP contribution is 2.45. The van der Waals surface area contributed by atoms with Crippen molar-refractivity contribution in [1.29, 1.82) is 0 Å². The number of carbonyl (C=O) groups is 4. The van der Waals surface area contributed by atoms with Crippen LogP contribution >= 0.6 is 15.6 Å². The minimum atomic E-state index is -4.95. The summed E-state index contributed by atoms with van der Waals surface area (Å²) < 4.78 is 68.2. The van der Waals surface area contributed by atoms with E-state index in [4.69, 9.17) is 37.0 Å². The number of phosphoric acid groups is 2. The standard InChI is InChI=1S/C71H138O17P2/c1-7-10-12-14-16-28-37-43-49-55-70(75)87-66(59-81-68(73)53-47-41-35-17-15-13-11-8-2)61-85-89(77,78)83-57-65(72)58-84-90(79,80)86-62-67(60-82-69(74)54-48-42-36-31-26-23-22-24-29-33-39-45-51-63(4)5)88-71(76)56-50-44-38-32-27-21-19-18-20-25-30-34-40-46-52-64(6)9-3/h63-67,72H,7-62H2,1-6H3,(H,77,78)(H,79,80)/t64?,65-,66+,67+/m0/s1. The van der Waals surface area contributed by atoms with Gasteiger partial charge in [-0.05, 0) is 37.5 Å². The van der Waals surface area contributed by atoms with Crippen molar-refractivity contribution in [1.82, 2.24) is 0 Å². The maximum atomic E-state index is 13.0. The van der Waals surface area contributed by atoms with E-state index < -0.39 is 97.5 Å². The molecule has 3 unspecified atom stereocenters. The highest BCUT2D eigenvalue weighted by atomic mass is 31.2. The predicted octanol–water partition coefficient (Wildman–Crippen LogP) is 20.4. The molecule has 0 aromatic rings. The number of esters is 4. The Labute approximate surface area is 549 Å². The van der Waals surface area contributed by atoms with Crippen molar-refractivity contribution in [2.75, 3.05) is 39.6 Å². The maximum Gasteiger partial charge on any atom is 0.472 e. The molecule has 19 heteroatoms. The molecule has 3 N–H and O–H groups in total. The van der Waals surface area contributed by atoms with E-state index in [0.717, 1.165) is 108 Å². The Hall–Kier alpha value is -1.94. The molecule has 0 rings (SSSR count). The number of unbranched alkanes of at least 4 members (excludes halogenated alkanes) is 39. The molecule has 0 aliphatic heterocycles. The van der Waals surface area contributed by atoms with Gasteiger partial charge in [-0.1, -0.05) is 311 Å². The van der Waals surface area contributed by atoms with Gasteiger partial charge in [0, 0.05) is 25.7 Å². The van der Waals surface area contributed by atoms with Crippen LogP contribution in [0.1, 0.15) is 363 Å². The van der Waals surface area contributed by atoms with Crippen LogP contribution in [0.2, 0.25) is 0 Å². The lowest BCUT2D eigenvalue weighted by Gasteiger charge is -2.21. The van der Waals surface area contributed by atoms with Crippen LogP contribution in [0.3, 0.4) is 0 Å². The molecule has 0 fully saturated rings. The SMILES string of the molecule is CCCCCCCCCCCC(=O)O[C@H](COC(=O)CCCCCCCCCC)COP(=O)(O)OC[C@H](O)COP(=O)(O)OC[C@@H](COC(=O)CCCCCCCCCCCCCCC(C)C)OC(=O)CCCCCCCCCCCCCCCCC(C)CC. The minimum Gasteiger partial charge on any atom is -0.462 e. The summed E-state index contributed by atoms with van der Waals surface area (Å²) in [5.41, 5.74) is 0. The van der Waals surface area contributed by atoms with Crippen LogP contribution in [0.25, 0.3) is 0 Å². The molecule has 534 valence electrons. The van der Waals surface area contributed by atoms with E-state index in [1.807, 2.05) is 0 Å². The average molecular weight is 1330 g/mol. The molecule has 17 nitrogen and oxygen atoms in total. The lowest BCUT2D eigenvalue weighted by molar-refractivity contribution is -0.161. The van der Waals surface area contributed by atoms with E-state index in [1.54, 1.807) is 0 Å². The van der Waals surface area contributed by atoms with E-state index in [0.29, 0.717) is 25.7 Å². The summed E-state index contributed by atoms with van der Waals surface area (Å²) in [6.07, 6.45) is 48.6. The maximum absolute atomic E-state index is 13.0. The normalized spacial score (nSPS) is 14.4. The van der Waals surface area contributed by atoms with E-state index >= 15 is 0 Å². The largest absolute Gasteiger partial charge is 0.472 e. The molecule has 0 aromatic carbocycles. The average Bonchev–Trinajstić information content (AvgIpc) is 3.68. The van der Waals surface area contributed by atoms with Crippen molar-refractivity contribution in [3.8, 4) is 0 Å². The molecule has 0 aliphatic carbocycles. The zero-order valence-corrected chi connectivity index (χ0v) is 60.2. The monoisotopic (exact) mass is 1320 g/mol. The second kappa shape index (κ2) is 63.1. The van der Waals surface area contributed by atoms with Crippen LogP contribution in [0.5, 0.6) is 0 Å². The Morgan fingerprint density at radius 3 is 0.844 bits per heavy atom. The summed E-state index contributed by atoms with van der Waals surface area (Å²) >= 11 is 0. The number of aliphatic hydroxyl groups excluding tert-OH is 1. The van der Waals surface area contributed by atoms with E-state index in [2.05, 4.69) is 41.5 Å². The molecule has 0 saturated heterocycles. The van der Waals surface area contributed by atoms with Gasteiger partial charge in [0.2, 0.25) is 0 Å². The number of hydrogen-bond donors (Lipinski definition) is 3.